The maximum atomic E-state index is 2.35. The lowest BCUT2D eigenvalue weighted by molar-refractivity contribution is 1.16. The summed E-state index contributed by atoms with van der Waals surface area (Å²) in [6, 6.07) is 21.9. The van der Waals surface area contributed by atoms with Crippen LogP contribution in [0.5, 0.6) is 0 Å². The van der Waals surface area contributed by atoms with Gasteiger partial charge in [0.2, 0.25) is 0 Å². The third-order valence-corrected chi connectivity index (χ3v) is 6.12. The standard InChI is InChI=1S/C19H19P/c1-3-11-18(12-4-1)20(19-13-5-2-6-14-19)16-15-17-9-7-8-10-17/h1-7,9-14H,8,15-16H2. The SMILES string of the molecule is C1=CC(CCP(c2ccccc2)c2ccccc2)=CC1. The summed E-state index contributed by atoms with van der Waals surface area (Å²) in [7, 11) is -0.242. The van der Waals surface area contributed by atoms with Crippen LogP contribution in [0.2, 0.25) is 0 Å². The van der Waals surface area contributed by atoms with Crippen molar-refractivity contribution in [3.63, 3.8) is 0 Å². The van der Waals surface area contributed by atoms with E-state index >= 15 is 0 Å². The smallest absolute Gasteiger partial charge is 0.0160 e. The molecule has 3 rings (SSSR count). The molecule has 0 unspecified atom stereocenters. The molecule has 0 saturated carbocycles. The number of benzene rings is 2. The Bertz CT molecular complexity index is 557. The third kappa shape index (κ3) is 3.26. The third-order valence-electron chi connectivity index (χ3n) is 3.61. The van der Waals surface area contributed by atoms with Crippen molar-refractivity contribution in [1.29, 1.82) is 0 Å². The van der Waals surface area contributed by atoms with Gasteiger partial charge in [-0.1, -0.05) is 84.5 Å². The molecule has 2 aromatic carbocycles. The second-order valence-corrected chi connectivity index (χ2v) is 7.33. The fourth-order valence-corrected chi connectivity index (χ4v) is 4.92. The average molecular weight is 278 g/mol. The molecule has 1 heteroatoms. The van der Waals surface area contributed by atoms with Crippen LogP contribution in [-0.4, -0.2) is 6.16 Å². The molecule has 0 atom stereocenters. The van der Waals surface area contributed by atoms with E-state index in [9.17, 15) is 0 Å². The Hall–Kier alpha value is -1.65. The minimum Gasteiger partial charge on any atom is -0.0805 e. The Balaban J connectivity index is 1.82. The summed E-state index contributed by atoms with van der Waals surface area (Å²) in [5.41, 5.74) is 1.50. The van der Waals surface area contributed by atoms with Gasteiger partial charge in [0.05, 0.1) is 0 Å². The molecule has 0 fully saturated rings. The quantitative estimate of drug-likeness (QED) is 0.711. The van der Waals surface area contributed by atoms with Crippen LogP contribution in [0.3, 0.4) is 0 Å². The molecule has 1 aliphatic carbocycles. The van der Waals surface area contributed by atoms with Crippen LogP contribution < -0.4 is 10.6 Å². The first-order valence-corrected chi connectivity index (χ1v) is 8.69. The molecule has 0 aromatic heterocycles. The number of hydrogen-bond acceptors (Lipinski definition) is 0. The molecule has 0 saturated heterocycles. The Morgan fingerprint density at radius 2 is 1.40 bits per heavy atom. The molecule has 100 valence electrons. The van der Waals surface area contributed by atoms with Crippen molar-refractivity contribution >= 4 is 18.5 Å². The summed E-state index contributed by atoms with van der Waals surface area (Å²) in [5, 5.41) is 2.97. The molecular formula is C19H19P. The van der Waals surface area contributed by atoms with E-state index < -0.39 is 0 Å². The fraction of sp³-hybridized carbons (Fsp3) is 0.158. The Labute approximate surface area is 122 Å². The lowest BCUT2D eigenvalue weighted by atomic mass is 10.2. The lowest BCUT2D eigenvalue weighted by Crippen LogP contribution is -2.13. The fourth-order valence-electron chi connectivity index (χ4n) is 2.56. The summed E-state index contributed by atoms with van der Waals surface area (Å²) < 4.78 is 0. The van der Waals surface area contributed by atoms with Gasteiger partial charge in [0, 0.05) is 0 Å². The summed E-state index contributed by atoms with van der Waals surface area (Å²) >= 11 is 0. The van der Waals surface area contributed by atoms with Crippen molar-refractivity contribution in [3.05, 3.63) is 84.5 Å². The van der Waals surface area contributed by atoms with Crippen LogP contribution >= 0.6 is 7.92 Å². The molecule has 0 aliphatic heterocycles. The molecule has 0 heterocycles. The molecule has 0 nitrogen and oxygen atoms in total. The largest absolute Gasteiger partial charge is 0.0805 e. The lowest BCUT2D eigenvalue weighted by Gasteiger charge is -2.18. The molecule has 20 heavy (non-hydrogen) atoms. The van der Waals surface area contributed by atoms with Gasteiger partial charge >= 0.3 is 0 Å². The second kappa shape index (κ2) is 6.68. The highest BCUT2D eigenvalue weighted by atomic mass is 31.1. The van der Waals surface area contributed by atoms with E-state index in [0.717, 1.165) is 6.42 Å². The summed E-state index contributed by atoms with van der Waals surface area (Å²) in [6.07, 6.45) is 10.4. The van der Waals surface area contributed by atoms with Crippen molar-refractivity contribution in [2.75, 3.05) is 6.16 Å². The zero-order valence-corrected chi connectivity index (χ0v) is 12.5. The zero-order chi connectivity index (χ0) is 13.6. The van der Waals surface area contributed by atoms with Crippen molar-refractivity contribution in [3.8, 4) is 0 Å². The van der Waals surface area contributed by atoms with E-state index in [1.54, 1.807) is 0 Å². The average Bonchev–Trinajstić information content (AvgIpc) is 3.03. The van der Waals surface area contributed by atoms with E-state index in [-0.39, 0.29) is 7.92 Å². The predicted octanol–water partition coefficient (Wildman–Crippen LogP) is 4.40. The van der Waals surface area contributed by atoms with E-state index in [4.69, 9.17) is 0 Å². The second-order valence-electron chi connectivity index (χ2n) is 4.99. The molecule has 0 bridgehead atoms. The predicted molar refractivity (Wildman–Crippen MR) is 90.4 cm³/mol. The molecule has 0 radical (unpaired) electrons. The highest BCUT2D eigenvalue weighted by Crippen LogP contribution is 2.35. The molecule has 0 N–H and O–H groups in total. The van der Waals surface area contributed by atoms with Crippen molar-refractivity contribution in [2.24, 2.45) is 0 Å². The highest BCUT2D eigenvalue weighted by Gasteiger charge is 2.13. The topological polar surface area (TPSA) is 0 Å². The van der Waals surface area contributed by atoms with Gasteiger partial charge in [-0.25, -0.2) is 0 Å². The first-order chi connectivity index (χ1) is 9.93. The van der Waals surface area contributed by atoms with E-state index in [2.05, 4.69) is 78.9 Å². The molecule has 0 amide bonds. The molecule has 0 spiro atoms. The maximum absolute atomic E-state index is 2.35. The molecule has 1 aliphatic rings. The van der Waals surface area contributed by atoms with Crippen LogP contribution in [0.25, 0.3) is 0 Å². The first-order valence-electron chi connectivity index (χ1n) is 7.17. The molecule has 2 aromatic rings. The summed E-state index contributed by atoms with van der Waals surface area (Å²) in [4.78, 5) is 0. The molecular weight excluding hydrogens is 259 g/mol. The van der Waals surface area contributed by atoms with E-state index in [1.807, 2.05) is 0 Å². The summed E-state index contributed by atoms with van der Waals surface area (Å²) in [5.74, 6) is 0. The Morgan fingerprint density at radius 3 is 1.90 bits per heavy atom. The van der Waals surface area contributed by atoms with Gasteiger partial charge < -0.3 is 0 Å². The maximum Gasteiger partial charge on any atom is -0.0160 e. The van der Waals surface area contributed by atoms with Gasteiger partial charge in [0.15, 0.2) is 0 Å². The van der Waals surface area contributed by atoms with Gasteiger partial charge in [0.1, 0.15) is 0 Å². The highest BCUT2D eigenvalue weighted by molar-refractivity contribution is 7.73. The minimum absolute atomic E-state index is 0.242. The van der Waals surface area contributed by atoms with Crippen molar-refractivity contribution < 1.29 is 0 Å². The zero-order valence-electron chi connectivity index (χ0n) is 11.6. The minimum atomic E-state index is -0.242. The van der Waals surface area contributed by atoms with E-state index in [1.165, 1.54) is 28.8 Å². The first kappa shape index (κ1) is 13.3. The number of allylic oxidation sites excluding steroid dienone is 4. The van der Waals surface area contributed by atoms with Gasteiger partial charge in [0.25, 0.3) is 0 Å². The number of hydrogen-bond donors (Lipinski definition) is 0. The van der Waals surface area contributed by atoms with Crippen molar-refractivity contribution in [1.82, 2.24) is 0 Å². The number of rotatable bonds is 5. The van der Waals surface area contributed by atoms with Gasteiger partial charge in [-0.2, -0.15) is 0 Å². The van der Waals surface area contributed by atoms with E-state index in [0.29, 0.717) is 0 Å². The van der Waals surface area contributed by atoms with Gasteiger partial charge in [-0.3, -0.25) is 0 Å². The monoisotopic (exact) mass is 278 g/mol. The Morgan fingerprint density at radius 1 is 0.800 bits per heavy atom. The van der Waals surface area contributed by atoms with Crippen LogP contribution in [0.15, 0.2) is 84.5 Å². The van der Waals surface area contributed by atoms with Crippen LogP contribution in [0.1, 0.15) is 12.8 Å². The Kier molecular flexibility index (Phi) is 4.46. The normalized spacial score (nSPS) is 13.8. The van der Waals surface area contributed by atoms with Crippen LogP contribution in [0.4, 0.5) is 0 Å². The van der Waals surface area contributed by atoms with Crippen LogP contribution in [0, 0.1) is 0 Å². The van der Waals surface area contributed by atoms with Crippen molar-refractivity contribution in [2.45, 2.75) is 12.8 Å². The van der Waals surface area contributed by atoms with Crippen LogP contribution in [-0.2, 0) is 0 Å². The summed E-state index contributed by atoms with van der Waals surface area (Å²) in [6.45, 7) is 0. The van der Waals surface area contributed by atoms with Gasteiger partial charge in [-0.15, -0.1) is 0 Å². The van der Waals surface area contributed by atoms with Gasteiger partial charge in [-0.05, 0) is 37.5 Å².